The van der Waals surface area contributed by atoms with E-state index in [1.165, 1.54) is 148 Å². The van der Waals surface area contributed by atoms with E-state index in [2.05, 4.69) is 42.3 Å². The highest BCUT2D eigenvalue weighted by Gasteiger charge is 2.16. The third-order valence-electron chi connectivity index (χ3n) is 6.85. The molecule has 0 saturated carbocycles. The molecule has 0 N–H and O–H groups in total. The topological polar surface area (TPSA) is 8.81 Å². The average molecular weight is 434 g/mol. The Morgan fingerprint density at radius 3 is 1.52 bits per heavy atom. The number of unbranched alkanes of at least 4 members (excludes halogenated alkanes) is 17. The van der Waals surface area contributed by atoms with Crippen molar-refractivity contribution in [3.63, 3.8) is 0 Å². The molecule has 0 aliphatic carbocycles. The Bertz CT molecular complexity index is 491. The van der Waals surface area contributed by atoms with E-state index in [9.17, 15) is 0 Å². The van der Waals surface area contributed by atoms with Gasteiger partial charge in [0.2, 0.25) is 0 Å². The smallest absolute Gasteiger partial charge is 0.234 e. The first kappa shape index (κ1) is 28.2. The van der Waals surface area contributed by atoms with Crippen molar-refractivity contribution in [1.82, 2.24) is 4.57 Å². The second-order valence-electron chi connectivity index (χ2n) is 9.86. The number of nitrogens with zero attached hydrogens (tertiary/aromatic N) is 2. The van der Waals surface area contributed by atoms with Gasteiger partial charge in [-0.2, -0.15) is 0 Å². The summed E-state index contributed by atoms with van der Waals surface area (Å²) < 4.78 is 5.11. The minimum atomic E-state index is 1.20. The molecule has 0 atom stereocenters. The van der Waals surface area contributed by atoms with Crippen molar-refractivity contribution in [2.75, 3.05) is 0 Å². The molecule has 0 aliphatic rings. The highest BCUT2D eigenvalue weighted by molar-refractivity contribution is 4.84. The van der Waals surface area contributed by atoms with E-state index in [1.807, 2.05) is 0 Å². The predicted octanol–water partition coefficient (Wildman–Crippen LogP) is 9.18. The van der Waals surface area contributed by atoms with Crippen molar-refractivity contribution in [2.24, 2.45) is 0 Å². The second-order valence-corrected chi connectivity index (χ2v) is 9.86. The van der Waals surface area contributed by atoms with Crippen LogP contribution in [0.3, 0.4) is 0 Å². The lowest BCUT2D eigenvalue weighted by Gasteiger charge is -2.06. The van der Waals surface area contributed by atoms with Crippen molar-refractivity contribution in [3.05, 3.63) is 18.2 Å². The molecule has 0 aromatic carbocycles. The van der Waals surface area contributed by atoms with Crippen LogP contribution >= 0.6 is 0 Å². The van der Waals surface area contributed by atoms with Gasteiger partial charge in [-0.15, -0.1) is 0 Å². The van der Waals surface area contributed by atoms with Gasteiger partial charge < -0.3 is 0 Å². The summed E-state index contributed by atoms with van der Waals surface area (Å²) in [6.07, 6.45) is 34.1. The Labute approximate surface area is 196 Å². The lowest BCUT2D eigenvalue weighted by atomic mass is 10.0. The minimum Gasteiger partial charge on any atom is -0.234 e. The van der Waals surface area contributed by atoms with Gasteiger partial charge in [-0.3, -0.25) is 0 Å². The number of hydrogen-bond donors (Lipinski definition) is 0. The van der Waals surface area contributed by atoms with Crippen molar-refractivity contribution in [2.45, 2.75) is 169 Å². The summed E-state index contributed by atoms with van der Waals surface area (Å²) in [7, 11) is 0. The van der Waals surface area contributed by atoms with Crippen LogP contribution in [0.4, 0.5) is 0 Å². The quantitative estimate of drug-likeness (QED) is 0.120. The van der Waals surface area contributed by atoms with Gasteiger partial charge in [0.1, 0.15) is 12.4 Å². The first-order valence-corrected chi connectivity index (χ1v) is 14.4. The highest BCUT2D eigenvalue weighted by atomic mass is 15.1. The number of imidazole rings is 1. The molecule has 1 aromatic rings. The minimum absolute atomic E-state index is 1.20. The van der Waals surface area contributed by atoms with Crippen molar-refractivity contribution in [1.29, 1.82) is 0 Å². The Morgan fingerprint density at radius 1 is 0.548 bits per heavy atom. The molecule has 0 unspecified atom stereocenters. The zero-order valence-corrected chi connectivity index (χ0v) is 21.8. The fourth-order valence-electron chi connectivity index (χ4n) is 4.71. The Morgan fingerprint density at radius 2 is 1.00 bits per heavy atom. The molecule has 0 fully saturated rings. The molecular weight excluding hydrogens is 376 g/mol. The summed E-state index contributed by atoms with van der Waals surface area (Å²) in [6, 6.07) is 0. The number of hydrogen-bond acceptors (Lipinski definition) is 0. The number of rotatable bonds is 23. The van der Waals surface area contributed by atoms with Gasteiger partial charge in [-0.1, -0.05) is 124 Å². The standard InChI is InChI=1S/C29H57N2/c1-4-7-10-12-13-14-15-16-17-18-19-20-21-23-26-31-28-27-30(25-9-6-3)29(31)24-22-11-8-5-2/h27-28H,4-26H2,1-3H3/q+1. The molecule has 182 valence electrons. The molecule has 0 aliphatic heterocycles. The second kappa shape index (κ2) is 21.1. The van der Waals surface area contributed by atoms with Gasteiger partial charge >= 0.3 is 0 Å². The summed E-state index contributed by atoms with van der Waals surface area (Å²) in [4.78, 5) is 0. The first-order valence-electron chi connectivity index (χ1n) is 14.4. The summed E-state index contributed by atoms with van der Waals surface area (Å²) in [5.74, 6) is 1.58. The first-order chi connectivity index (χ1) is 15.3. The fourth-order valence-corrected chi connectivity index (χ4v) is 4.71. The van der Waals surface area contributed by atoms with E-state index in [0.717, 1.165) is 0 Å². The fraction of sp³-hybridized carbons (Fsp3) is 0.897. The molecule has 2 heteroatoms. The van der Waals surface area contributed by atoms with Crippen molar-refractivity contribution >= 4 is 0 Å². The van der Waals surface area contributed by atoms with Crippen LogP contribution in [0.5, 0.6) is 0 Å². The van der Waals surface area contributed by atoms with E-state index < -0.39 is 0 Å². The van der Waals surface area contributed by atoms with Crippen LogP contribution in [0.25, 0.3) is 0 Å². The molecule has 0 spiro atoms. The van der Waals surface area contributed by atoms with E-state index in [0.29, 0.717) is 0 Å². The maximum Gasteiger partial charge on any atom is 0.256 e. The van der Waals surface area contributed by atoms with Crippen LogP contribution in [0.1, 0.15) is 155 Å². The molecule has 0 bridgehead atoms. The largest absolute Gasteiger partial charge is 0.256 e. The maximum atomic E-state index is 2.57. The van der Waals surface area contributed by atoms with Crippen LogP contribution in [0, 0.1) is 0 Å². The Balaban J connectivity index is 2.10. The van der Waals surface area contributed by atoms with Gasteiger partial charge in [0.05, 0.1) is 13.1 Å². The van der Waals surface area contributed by atoms with E-state index in [-0.39, 0.29) is 0 Å². The predicted molar refractivity (Wildman–Crippen MR) is 138 cm³/mol. The molecular formula is C29H57N2+. The van der Waals surface area contributed by atoms with Gasteiger partial charge in [0, 0.05) is 6.42 Å². The number of aromatic nitrogens is 2. The van der Waals surface area contributed by atoms with Crippen molar-refractivity contribution < 1.29 is 4.57 Å². The molecule has 31 heavy (non-hydrogen) atoms. The van der Waals surface area contributed by atoms with Crippen LogP contribution in [-0.2, 0) is 19.5 Å². The normalized spacial score (nSPS) is 11.5. The highest BCUT2D eigenvalue weighted by Crippen LogP contribution is 2.13. The molecule has 1 aromatic heterocycles. The van der Waals surface area contributed by atoms with Crippen LogP contribution in [0.15, 0.2) is 12.4 Å². The molecule has 2 nitrogen and oxygen atoms in total. The molecule has 0 amide bonds. The zero-order chi connectivity index (χ0) is 22.4. The molecule has 0 saturated heterocycles. The van der Waals surface area contributed by atoms with E-state index >= 15 is 0 Å². The Kier molecular flexibility index (Phi) is 19.2. The van der Waals surface area contributed by atoms with Crippen LogP contribution in [-0.4, -0.2) is 4.57 Å². The molecule has 0 radical (unpaired) electrons. The van der Waals surface area contributed by atoms with Crippen molar-refractivity contribution in [3.8, 4) is 0 Å². The third-order valence-corrected chi connectivity index (χ3v) is 6.85. The summed E-state index contributed by atoms with van der Waals surface area (Å²) in [5.41, 5.74) is 0. The Hall–Kier alpha value is -0.790. The summed E-state index contributed by atoms with van der Waals surface area (Å²) in [5, 5.41) is 0. The van der Waals surface area contributed by atoms with Crippen LogP contribution < -0.4 is 4.57 Å². The van der Waals surface area contributed by atoms with Gasteiger partial charge in [0.25, 0.3) is 5.82 Å². The van der Waals surface area contributed by atoms with Gasteiger partial charge in [0.15, 0.2) is 0 Å². The molecule has 1 heterocycles. The SMILES string of the molecule is CCCCCCCCCCCCCCCC[n+]1ccn(CCCC)c1CCCCCC. The molecule has 1 rings (SSSR count). The zero-order valence-electron chi connectivity index (χ0n) is 21.8. The number of aryl methyl sites for hydroxylation is 2. The maximum absolute atomic E-state index is 2.57. The summed E-state index contributed by atoms with van der Waals surface area (Å²) in [6.45, 7) is 9.33. The van der Waals surface area contributed by atoms with Crippen LogP contribution in [0.2, 0.25) is 0 Å². The lowest BCUT2D eigenvalue weighted by Crippen LogP contribution is -2.37. The van der Waals surface area contributed by atoms with Gasteiger partial charge in [-0.25, -0.2) is 9.13 Å². The lowest BCUT2D eigenvalue weighted by molar-refractivity contribution is -0.704. The third kappa shape index (κ3) is 14.8. The monoisotopic (exact) mass is 433 g/mol. The average Bonchev–Trinajstić information content (AvgIpc) is 3.17. The van der Waals surface area contributed by atoms with Gasteiger partial charge in [-0.05, 0) is 25.7 Å². The van der Waals surface area contributed by atoms with E-state index in [1.54, 1.807) is 5.82 Å². The van der Waals surface area contributed by atoms with E-state index in [4.69, 9.17) is 0 Å². The summed E-state index contributed by atoms with van der Waals surface area (Å²) >= 11 is 0.